The first-order valence-electron chi connectivity index (χ1n) is 3.72. The monoisotopic (exact) mass is 175 g/mol. The highest BCUT2D eigenvalue weighted by molar-refractivity contribution is 7.91. The molecule has 1 aliphatic heterocycles. The van der Waals surface area contributed by atoms with Crippen molar-refractivity contribution < 1.29 is 8.42 Å². The van der Waals surface area contributed by atoms with E-state index >= 15 is 0 Å². The summed E-state index contributed by atoms with van der Waals surface area (Å²) in [6.45, 7) is 0.617. The van der Waals surface area contributed by atoms with Crippen LogP contribution in [0.25, 0.3) is 0 Å². The van der Waals surface area contributed by atoms with Crippen molar-refractivity contribution in [2.75, 3.05) is 18.1 Å². The van der Waals surface area contributed by atoms with E-state index in [2.05, 4.69) is 0 Å². The molecule has 1 aliphatic rings. The van der Waals surface area contributed by atoms with Crippen LogP contribution in [0.1, 0.15) is 12.8 Å². The second-order valence-electron chi connectivity index (χ2n) is 2.77. The summed E-state index contributed by atoms with van der Waals surface area (Å²) in [5.41, 5.74) is 6.53. The molecule has 1 rings (SSSR count). The Morgan fingerprint density at radius 2 is 2.27 bits per heavy atom. The lowest BCUT2D eigenvalue weighted by Crippen LogP contribution is -2.16. The molecule has 64 valence electrons. The van der Waals surface area contributed by atoms with Crippen LogP contribution < -0.4 is 5.73 Å². The van der Waals surface area contributed by atoms with Crippen molar-refractivity contribution in [2.45, 2.75) is 12.8 Å². The molecule has 0 aromatic rings. The van der Waals surface area contributed by atoms with Crippen LogP contribution in [0.5, 0.6) is 0 Å². The van der Waals surface area contributed by atoms with Gasteiger partial charge in [-0.1, -0.05) is 11.6 Å². The summed E-state index contributed by atoms with van der Waals surface area (Å²) < 4.78 is 21.8. The number of hydrogen-bond donors (Lipinski definition) is 1. The molecule has 0 bridgehead atoms. The van der Waals surface area contributed by atoms with Gasteiger partial charge in [0, 0.05) is 0 Å². The standard InChI is InChI=1S/C7H13NO2S/c8-4-1-7-2-5-11(9,10)6-3-7/h2H,1,3-6,8H2. The van der Waals surface area contributed by atoms with Crippen molar-refractivity contribution in [1.82, 2.24) is 0 Å². The third-order valence-corrected chi connectivity index (χ3v) is 3.33. The third-order valence-electron chi connectivity index (χ3n) is 1.83. The van der Waals surface area contributed by atoms with Crippen molar-refractivity contribution in [2.24, 2.45) is 5.73 Å². The fraction of sp³-hybridized carbons (Fsp3) is 0.714. The molecular formula is C7H13NO2S. The molecule has 2 N–H and O–H groups in total. The number of rotatable bonds is 2. The van der Waals surface area contributed by atoms with Gasteiger partial charge in [-0.2, -0.15) is 0 Å². The van der Waals surface area contributed by atoms with Crippen molar-refractivity contribution in [1.29, 1.82) is 0 Å². The average molecular weight is 175 g/mol. The molecule has 0 aromatic heterocycles. The van der Waals surface area contributed by atoms with E-state index in [1.54, 1.807) is 6.08 Å². The molecule has 0 spiro atoms. The molecule has 0 amide bonds. The second kappa shape index (κ2) is 3.36. The van der Waals surface area contributed by atoms with Gasteiger partial charge in [0.15, 0.2) is 9.84 Å². The summed E-state index contributed by atoms with van der Waals surface area (Å²) in [5, 5.41) is 0. The molecule has 1 heterocycles. The van der Waals surface area contributed by atoms with Gasteiger partial charge in [-0.15, -0.1) is 0 Å². The van der Waals surface area contributed by atoms with Gasteiger partial charge >= 0.3 is 0 Å². The molecule has 3 nitrogen and oxygen atoms in total. The van der Waals surface area contributed by atoms with Gasteiger partial charge in [-0.3, -0.25) is 0 Å². The number of hydrogen-bond acceptors (Lipinski definition) is 3. The minimum atomic E-state index is -2.75. The zero-order chi connectivity index (χ0) is 8.32. The van der Waals surface area contributed by atoms with E-state index in [1.807, 2.05) is 0 Å². The normalized spacial score (nSPS) is 22.8. The van der Waals surface area contributed by atoms with Gasteiger partial charge < -0.3 is 5.73 Å². The maximum absolute atomic E-state index is 10.9. The molecule has 0 fully saturated rings. The summed E-state index contributed by atoms with van der Waals surface area (Å²) in [6, 6.07) is 0. The first kappa shape index (κ1) is 8.74. The first-order chi connectivity index (χ1) is 5.14. The Labute approximate surface area is 67.2 Å². The molecule has 0 unspecified atom stereocenters. The van der Waals surface area contributed by atoms with Crippen molar-refractivity contribution in [3.05, 3.63) is 11.6 Å². The molecule has 11 heavy (non-hydrogen) atoms. The van der Waals surface area contributed by atoms with Crippen LogP contribution in [-0.2, 0) is 9.84 Å². The summed E-state index contributed by atoms with van der Waals surface area (Å²) in [7, 11) is -2.75. The van der Waals surface area contributed by atoms with E-state index in [1.165, 1.54) is 5.57 Å². The molecule has 0 saturated carbocycles. The zero-order valence-corrected chi connectivity index (χ0v) is 7.23. The highest BCUT2D eigenvalue weighted by Gasteiger charge is 2.15. The van der Waals surface area contributed by atoms with E-state index in [0.29, 0.717) is 18.7 Å². The molecule has 0 aromatic carbocycles. The number of sulfone groups is 1. The van der Waals surface area contributed by atoms with Crippen LogP contribution in [0.2, 0.25) is 0 Å². The van der Waals surface area contributed by atoms with Crippen molar-refractivity contribution in [3.8, 4) is 0 Å². The fourth-order valence-corrected chi connectivity index (χ4v) is 2.36. The smallest absolute Gasteiger partial charge is 0.154 e. The van der Waals surface area contributed by atoms with Gasteiger partial charge in [0.25, 0.3) is 0 Å². The Hall–Kier alpha value is -0.350. The fourth-order valence-electron chi connectivity index (χ4n) is 1.13. The predicted octanol–water partition coefficient (Wildman–Crippen LogP) is 0.0801. The quantitative estimate of drug-likeness (QED) is 0.605. The Morgan fingerprint density at radius 3 is 2.73 bits per heavy atom. The molecule has 4 heteroatoms. The summed E-state index contributed by atoms with van der Waals surface area (Å²) in [4.78, 5) is 0. The van der Waals surface area contributed by atoms with E-state index < -0.39 is 9.84 Å². The van der Waals surface area contributed by atoms with Crippen LogP contribution in [0, 0.1) is 0 Å². The summed E-state index contributed by atoms with van der Waals surface area (Å²) >= 11 is 0. The highest BCUT2D eigenvalue weighted by atomic mass is 32.2. The van der Waals surface area contributed by atoms with Gasteiger partial charge in [0.2, 0.25) is 0 Å². The zero-order valence-electron chi connectivity index (χ0n) is 6.41. The van der Waals surface area contributed by atoms with E-state index in [-0.39, 0.29) is 5.75 Å². The summed E-state index contributed by atoms with van der Waals surface area (Å²) in [6.07, 6.45) is 3.32. The molecule has 0 saturated heterocycles. The van der Waals surface area contributed by atoms with Crippen molar-refractivity contribution in [3.63, 3.8) is 0 Å². The minimum Gasteiger partial charge on any atom is -0.330 e. The Bertz CT molecular complexity index is 254. The van der Waals surface area contributed by atoms with Crippen LogP contribution >= 0.6 is 0 Å². The van der Waals surface area contributed by atoms with Gasteiger partial charge in [0.05, 0.1) is 11.5 Å². The van der Waals surface area contributed by atoms with E-state index in [9.17, 15) is 8.42 Å². The Balaban J connectivity index is 2.58. The van der Waals surface area contributed by atoms with Gasteiger partial charge in [-0.05, 0) is 19.4 Å². The van der Waals surface area contributed by atoms with E-state index in [0.717, 1.165) is 6.42 Å². The predicted molar refractivity (Wildman–Crippen MR) is 45.0 cm³/mol. The Morgan fingerprint density at radius 1 is 1.55 bits per heavy atom. The SMILES string of the molecule is NCCC1=CCS(=O)(=O)CC1. The second-order valence-corrected chi connectivity index (χ2v) is 4.99. The summed E-state index contributed by atoms with van der Waals surface area (Å²) in [5.74, 6) is 0.515. The van der Waals surface area contributed by atoms with Crippen LogP contribution in [0.15, 0.2) is 11.6 Å². The van der Waals surface area contributed by atoms with Crippen LogP contribution in [0.4, 0.5) is 0 Å². The third kappa shape index (κ3) is 2.63. The topological polar surface area (TPSA) is 60.2 Å². The Kier molecular flexibility index (Phi) is 2.67. The molecule has 0 aliphatic carbocycles. The van der Waals surface area contributed by atoms with Gasteiger partial charge in [-0.25, -0.2) is 8.42 Å². The van der Waals surface area contributed by atoms with E-state index in [4.69, 9.17) is 5.73 Å². The van der Waals surface area contributed by atoms with Crippen LogP contribution in [-0.4, -0.2) is 26.5 Å². The van der Waals surface area contributed by atoms with Gasteiger partial charge in [0.1, 0.15) is 0 Å². The van der Waals surface area contributed by atoms with Crippen LogP contribution in [0.3, 0.4) is 0 Å². The first-order valence-corrected chi connectivity index (χ1v) is 5.54. The lowest BCUT2D eigenvalue weighted by Gasteiger charge is -2.11. The lowest BCUT2D eigenvalue weighted by molar-refractivity contribution is 0.595. The molecule has 0 radical (unpaired) electrons. The maximum atomic E-state index is 10.9. The van der Waals surface area contributed by atoms with Crippen molar-refractivity contribution >= 4 is 9.84 Å². The largest absolute Gasteiger partial charge is 0.330 e. The highest BCUT2D eigenvalue weighted by Crippen LogP contribution is 2.14. The maximum Gasteiger partial charge on any atom is 0.154 e. The number of nitrogens with two attached hydrogens (primary N) is 1. The molecule has 0 atom stereocenters. The average Bonchev–Trinajstić information content (AvgIpc) is 1.94. The lowest BCUT2D eigenvalue weighted by atomic mass is 10.1. The molecular weight excluding hydrogens is 162 g/mol. The minimum absolute atomic E-state index is 0.211.